The summed E-state index contributed by atoms with van der Waals surface area (Å²) in [5.74, 6) is 6.08. The van der Waals surface area contributed by atoms with Crippen molar-refractivity contribution in [3.8, 4) is 23.1 Å². The van der Waals surface area contributed by atoms with E-state index in [4.69, 9.17) is 0 Å². The van der Waals surface area contributed by atoms with Crippen molar-refractivity contribution in [1.82, 2.24) is 20.0 Å². The van der Waals surface area contributed by atoms with E-state index in [-0.39, 0.29) is 5.91 Å². The maximum absolute atomic E-state index is 12.5. The van der Waals surface area contributed by atoms with Crippen LogP contribution in [0.25, 0.3) is 11.3 Å². The van der Waals surface area contributed by atoms with Crippen LogP contribution in [-0.4, -0.2) is 40.2 Å². The molecule has 29 heavy (non-hydrogen) atoms. The molecule has 2 aromatic carbocycles. The maximum atomic E-state index is 12.5. The number of benzene rings is 2. The Labute approximate surface area is 171 Å². The molecule has 1 amide bonds. The van der Waals surface area contributed by atoms with Gasteiger partial charge in [-0.1, -0.05) is 66.4 Å². The molecule has 4 rings (SSSR count). The minimum Gasteiger partial charge on any atom is -0.340 e. The van der Waals surface area contributed by atoms with Crippen molar-refractivity contribution < 1.29 is 4.79 Å². The van der Waals surface area contributed by atoms with E-state index in [1.807, 2.05) is 36.4 Å². The summed E-state index contributed by atoms with van der Waals surface area (Å²) in [6, 6.07) is 20.2. The van der Waals surface area contributed by atoms with Crippen LogP contribution in [0.4, 0.5) is 0 Å². The van der Waals surface area contributed by atoms with E-state index in [9.17, 15) is 4.79 Å². The first-order valence-electron chi connectivity index (χ1n) is 9.83. The Kier molecular flexibility index (Phi) is 5.73. The molecule has 0 aliphatic carbocycles. The van der Waals surface area contributed by atoms with Crippen LogP contribution < -0.4 is 5.32 Å². The second kappa shape index (κ2) is 8.76. The Bertz CT molecular complexity index is 1060. The fourth-order valence-electron chi connectivity index (χ4n) is 3.56. The van der Waals surface area contributed by atoms with E-state index in [0.29, 0.717) is 18.8 Å². The van der Waals surface area contributed by atoms with Gasteiger partial charge >= 0.3 is 0 Å². The summed E-state index contributed by atoms with van der Waals surface area (Å²) >= 11 is 0. The lowest BCUT2D eigenvalue weighted by atomic mass is 10.0. The Balaban J connectivity index is 1.29. The first kappa shape index (κ1) is 19.0. The van der Waals surface area contributed by atoms with Gasteiger partial charge in [0, 0.05) is 25.7 Å². The highest BCUT2D eigenvalue weighted by molar-refractivity contribution is 5.93. The van der Waals surface area contributed by atoms with Gasteiger partial charge in [-0.25, -0.2) is 0 Å². The summed E-state index contributed by atoms with van der Waals surface area (Å²) in [6.45, 7) is 3.01. The van der Waals surface area contributed by atoms with Gasteiger partial charge < -0.3 is 5.32 Å². The molecule has 0 unspecified atom stereocenters. The monoisotopic (exact) mass is 384 g/mol. The van der Waals surface area contributed by atoms with E-state index in [0.717, 1.165) is 30.8 Å². The van der Waals surface area contributed by atoms with Crippen LogP contribution >= 0.6 is 0 Å². The lowest BCUT2D eigenvalue weighted by Gasteiger charge is -2.26. The number of hydrogen-bond donors (Lipinski definition) is 1. The maximum Gasteiger partial charge on any atom is 0.270 e. The zero-order valence-electron chi connectivity index (χ0n) is 16.6. The molecule has 1 aliphatic rings. The predicted molar refractivity (Wildman–Crippen MR) is 114 cm³/mol. The molecule has 5 heteroatoms. The van der Waals surface area contributed by atoms with Crippen LogP contribution in [0.15, 0.2) is 60.7 Å². The molecular formula is C24H24N4O. The van der Waals surface area contributed by atoms with Gasteiger partial charge in [-0.05, 0) is 23.6 Å². The molecule has 1 aromatic heterocycles. The van der Waals surface area contributed by atoms with Crippen LogP contribution in [-0.2, 0) is 20.0 Å². The first-order chi connectivity index (χ1) is 14.2. The van der Waals surface area contributed by atoms with Crippen LogP contribution in [0.5, 0.6) is 0 Å². The molecule has 1 aliphatic heterocycles. The SMILES string of the molecule is Cn1nc(-c2ccccc2)cc1C(=O)NCC#CCN1CCc2ccccc2C1. The Morgan fingerprint density at radius 2 is 1.83 bits per heavy atom. The van der Waals surface area contributed by atoms with Crippen molar-refractivity contribution in [1.29, 1.82) is 0 Å². The third-order valence-electron chi connectivity index (χ3n) is 5.16. The van der Waals surface area contributed by atoms with Crippen LogP contribution in [0.1, 0.15) is 21.6 Å². The van der Waals surface area contributed by atoms with Gasteiger partial charge in [0.05, 0.1) is 18.8 Å². The van der Waals surface area contributed by atoms with Crippen molar-refractivity contribution in [3.63, 3.8) is 0 Å². The summed E-state index contributed by atoms with van der Waals surface area (Å²) in [6.07, 6.45) is 1.07. The van der Waals surface area contributed by atoms with Crippen molar-refractivity contribution in [3.05, 3.63) is 77.5 Å². The van der Waals surface area contributed by atoms with Crippen LogP contribution in [0.2, 0.25) is 0 Å². The highest BCUT2D eigenvalue weighted by Crippen LogP contribution is 2.19. The molecule has 2 heterocycles. The highest BCUT2D eigenvalue weighted by atomic mass is 16.2. The third kappa shape index (κ3) is 4.56. The summed E-state index contributed by atoms with van der Waals surface area (Å²) in [5, 5.41) is 7.31. The van der Waals surface area contributed by atoms with Gasteiger partial charge in [0.2, 0.25) is 0 Å². The largest absolute Gasteiger partial charge is 0.340 e. The van der Waals surface area contributed by atoms with Crippen LogP contribution in [0, 0.1) is 11.8 Å². The number of rotatable bonds is 4. The zero-order valence-corrected chi connectivity index (χ0v) is 16.6. The van der Waals surface area contributed by atoms with E-state index >= 15 is 0 Å². The third-order valence-corrected chi connectivity index (χ3v) is 5.16. The fourth-order valence-corrected chi connectivity index (χ4v) is 3.56. The molecule has 0 atom stereocenters. The molecule has 0 saturated heterocycles. The first-order valence-corrected chi connectivity index (χ1v) is 9.83. The number of carbonyl (C=O) groups is 1. The minimum absolute atomic E-state index is 0.164. The van der Waals surface area contributed by atoms with Gasteiger partial charge in [0.25, 0.3) is 5.91 Å². The molecular weight excluding hydrogens is 360 g/mol. The van der Waals surface area contributed by atoms with Gasteiger partial charge in [-0.15, -0.1) is 0 Å². The lowest BCUT2D eigenvalue weighted by Crippen LogP contribution is -2.31. The number of nitrogens with zero attached hydrogens (tertiary/aromatic N) is 3. The molecule has 1 N–H and O–H groups in total. The number of carbonyl (C=O) groups excluding carboxylic acids is 1. The summed E-state index contributed by atoms with van der Waals surface area (Å²) in [5.41, 5.74) is 5.13. The zero-order chi connectivity index (χ0) is 20.1. The Morgan fingerprint density at radius 3 is 2.66 bits per heavy atom. The van der Waals surface area contributed by atoms with E-state index in [1.165, 1.54) is 11.1 Å². The predicted octanol–water partition coefficient (Wildman–Crippen LogP) is 2.88. The van der Waals surface area contributed by atoms with Gasteiger partial charge in [0.15, 0.2) is 0 Å². The number of amides is 1. The molecule has 3 aromatic rings. The second-order valence-electron chi connectivity index (χ2n) is 7.17. The van der Waals surface area contributed by atoms with Crippen molar-refractivity contribution >= 4 is 5.91 Å². The molecule has 146 valence electrons. The molecule has 0 saturated carbocycles. The molecule has 0 radical (unpaired) electrons. The van der Waals surface area contributed by atoms with Gasteiger partial charge in [-0.2, -0.15) is 5.10 Å². The normalized spacial score (nSPS) is 13.3. The number of nitrogens with one attached hydrogen (secondary N) is 1. The van der Waals surface area contributed by atoms with E-state index in [2.05, 4.69) is 51.4 Å². The summed E-state index contributed by atoms with van der Waals surface area (Å²) in [4.78, 5) is 14.8. The molecule has 0 spiro atoms. The summed E-state index contributed by atoms with van der Waals surface area (Å²) < 4.78 is 1.61. The topological polar surface area (TPSA) is 50.2 Å². The average Bonchev–Trinajstić information content (AvgIpc) is 3.15. The molecule has 0 fully saturated rings. The minimum atomic E-state index is -0.164. The van der Waals surface area contributed by atoms with Crippen molar-refractivity contribution in [2.45, 2.75) is 13.0 Å². The van der Waals surface area contributed by atoms with Gasteiger partial charge in [0.1, 0.15) is 5.69 Å². The van der Waals surface area contributed by atoms with Crippen molar-refractivity contribution in [2.75, 3.05) is 19.6 Å². The number of hydrogen-bond acceptors (Lipinski definition) is 3. The fraction of sp³-hybridized carbons (Fsp3) is 0.250. The Hall–Kier alpha value is -3.36. The Morgan fingerprint density at radius 1 is 1.07 bits per heavy atom. The standard InChI is InChI=1S/C24H24N4O/c1-27-23(17-22(26-27)20-10-3-2-4-11-20)24(29)25-14-7-8-15-28-16-13-19-9-5-6-12-21(19)18-28/h2-6,9-12,17H,13-16,18H2,1H3,(H,25,29). The quantitative estimate of drug-likeness (QED) is 0.704. The average molecular weight is 384 g/mol. The number of aromatic nitrogens is 2. The van der Waals surface area contributed by atoms with E-state index < -0.39 is 0 Å². The summed E-state index contributed by atoms with van der Waals surface area (Å²) in [7, 11) is 1.78. The molecule has 5 nitrogen and oxygen atoms in total. The van der Waals surface area contributed by atoms with Gasteiger partial charge in [-0.3, -0.25) is 14.4 Å². The number of aryl methyl sites for hydroxylation is 1. The number of fused-ring (bicyclic) bond motifs is 1. The second-order valence-corrected chi connectivity index (χ2v) is 7.17. The van der Waals surface area contributed by atoms with Crippen molar-refractivity contribution in [2.24, 2.45) is 7.05 Å². The lowest BCUT2D eigenvalue weighted by molar-refractivity contribution is 0.0949. The smallest absolute Gasteiger partial charge is 0.270 e. The van der Waals surface area contributed by atoms with Crippen LogP contribution in [0.3, 0.4) is 0 Å². The molecule has 0 bridgehead atoms. The highest BCUT2D eigenvalue weighted by Gasteiger charge is 2.15. The van der Waals surface area contributed by atoms with E-state index in [1.54, 1.807) is 11.7 Å².